The average Bonchev–Trinajstić information content (AvgIpc) is 1.72. The third kappa shape index (κ3) is 5.18. The number of rotatable bonds is 0. The standard InChI is InChI=1S/C6H12.2Cu/c1-2-4-6-5-3-1;;/h1-6H2;;. The Labute approximate surface area is 72.7 Å². The SMILES string of the molecule is C1CCCCC1.[Cu].[Cu]. The number of hydrogen-bond donors (Lipinski definition) is 0. The van der Waals surface area contributed by atoms with Crippen molar-refractivity contribution in [1.82, 2.24) is 0 Å². The molecule has 8 heavy (non-hydrogen) atoms. The van der Waals surface area contributed by atoms with Crippen LogP contribution in [-0.4, -0.2) is 0 Å². The van der Waals surface area contributed by atoms with E-state index in [2.05, 4.69) is 0 Å². The first-order chi connectivity index (χ1) is 3.00. The zero-order valence-corrected chi connectivity index (χ0v) is 6.73. The van der Waals surface area contributed by atoms with Crippen molar-refractivity contribution in [2.24, 2.45) is 0 Å². The maximum Gasteiger partial charge on any atom is 0 e. The van der Waals surface area contributed by atoms with E-state index in [1.807, 2.05) is 0 Å². The summed E-state index contributed by atoms with van der Waals surface area (Å²) >= 11 is 0. The van der Waals surface area contributed by atoms with Gasteiger partial charge in [-0.25, -0.2) is 0 Å². The van der Waals surface area contributed by atoms with Crippen LogP contribution in [0, 0.1) is 0 Å². The molecule has 1 fully saturated rings. The van der Waals surface area contributed by atoms with E-state index in [1.54, 1.807) is 0 Å². The van der Waals surface area contributed by atoms with Gasteiger partial charge in [-0.15, -0.1) is 0 Å². The van der Waals surface area contributed by atoms with Gasteiger partial charge in [0.25, 0.3) is 0 Å². The summed E-state index contributed by atoms with van der Waals surface area (Å²) in [4.78, 5) is 0. The first-order valence-electron chi connectivity index (χ1n) is 3.00. The van der Waals surface area contributed by atoms with Crippen LogP contribution in [0.5, 0.6) is 0 Å². The normalized spacial score (nSPS) is 18.0. The van der Waals surface area contributed by atoms with Crippen LogP contribution in [0.2, 0.25) is 0 Å². The molecule has 1 aliphatic carbocycles. The maximum absolute atomic E-state index is 1.50. The van der Waals surface area contributed by atoms with Gasteiger partial charge in [0.15, 0.2) is 0 Å². The van der Waals surface area contributed by atoms with Crippen LogP contribution in [0.3, 0.4) is 0 Å². The first-order valence-corrected chi connectivity index (χ1v) is 3.00. The van der Waals surface area contributed by atoms with E-state index < -0.39 is 0 Å². The van der Waals surface area contributed by atoms with E-state index in [0.717, 1.165) is 0 Å². The Kier molecular flexibility index (Phi) is 11.8. The molecule has 0 aromatic heterocycles. The van der Waals surface area contributed by atoms with Crippen LogP contribution >= 0.6 is 0 Å². The fourth-order valence-electron chi connectivity index (χ4n) is 1.06. The summed E-state index contributed by atoms with van der Waals surface area (Å²) in [6, 6.07) is 0. The van der Waals surface area contributed by atoms with Gasteiger partial charge in [-0.05, 0) is 0 Å². The molecule has 1 rings (SSSR count). The summed E-state index contributed by atoms with van der Waals surface area (Å²) in [5, 5.41) is 0. The Hall–Kier alpha value is 1.04. The Morgan fingerprint density at radius 2 is 0.500 bits per heavy atom. The monoisotopic (exact) mass is 210 g/mol. The summed E-state index contributed by atoms with van der Waals surface area (Å²) in [6.07, 6.45) is 9.00. The van der Waals surface area contributed by atoms with Gasteiger partial charge in [-0.3, -0.25) is 0 Å². The van der Waals surface area contributed by atoms with Gasteiger partial charge in [-0.1, -0.05) is 38.5 Å². The predicted molar refractivity (Wildman–Crippen MR) is 27.7 cm³/mol. The molecule has 0 unspecified atom stereocenters. The Balaban J connectivity index is 0. The van der Waals surface area contributed by atoms with Crippen molar-refractivity contribution >= 4 is 0 Å². The molecule has 0 aromatic carbocycles. The second-order valence-electron chi connectivity index (χ2n) is 2.12. The molecule has 0 saturated heterocycles. The largest absolute Gasteiger partial charge is 0.0533 e. The van der Waals surface area contributed by atoms with Gasteiger partial charge in [-0.2, -0.15) is 0 Å². The molecule has 2 heteroatoms. The van der Waals surface area contributed by atoms with Gasteiger partial charge in [0.05, 0.1) is 0 Å². The van der Waals surface area contributed by atoms with Crippen LogP contribution in [0.25, 0.3) is 0 Å². The van der Waals surface area contributed by atoms with E-state index in [0.29, 0.717) is 0 Å². The topological polar surface area (TPSA) is 0 Å². The predicted octanol–water partition coefficient (Wildman–Crippen LogP) is 2.34. The second kappa shape index (κ2) is 8.04. The zero-order chi connectivity index (χ0) is 4.24. The fourth-order valence-corrected chi connectivity index (χ4v) is 1.06. The molecule has 0 atom stereocenters. The molecule has 1 saturated carbocycles. The van der Waals surface area contributed by atoms with Crippen LogP contribution in [-0.2, 0) is 34.1 Å². The van der Waals surface area contributed by atoms with Crippen molar-refractivity contribution in [3.63, 3.8) is 0 Å². The molecule has 0 bridgehead atoms. The minimum Gasteiger partial charge on any atom is -0.0533 e. The molecule has 0 aliphatic heterocycles. The van der Waals surface area contributed by atoms with Gasteiger partial charge in [0.2, 0.25) is 0 Å². The molecule has 1 aliphatic rings. The molecular formula is C6H12Cu2. The summed E-state index contributed by atoms with van der Waals surface area (Å²) in [5.74, 6) is 0. The number of hydrogen-bond acceptors (Lipinski definition) is 0. The molecule has 0 nitrogen and oxygen atoms in total. The molecule has 0 amide bonds. The van der Waals surface area contributed by atoms with Gasteiger partial charge in [0.1, 0.15) is 0 Å². The van der Waals surface area contributed by atoms with Crippen molar-refractivity contribution in [3.05, 3.63) is 0 Å². The van der Waals surface area contributed by atoms with E-state index in [1.165, 1.54) is 38.5 Å². The van der Waals surface area contributed by atoms with E-state index in [-0.39, 0.29) is 34.1 Å². The van der Waals surface area contributed by atoms with Crippen LogP contribution in [0.1, 0.15) is 38.5 Å². The first kappa shape index (κ1) is 11.8. The van der Waals surface area contributed by atoms with E-state index in [9.17, 15) is 0 Å². The molecule has 0 heterocycles. The van der Waals surface area contributed by atoms with Gasteiger partial charge in [0, 0.05) is 34.1 Å². The van der Waals surface area contributed by atoms with Crippen molar-refractivity contribution in [2.45, 2.75) is 38.5 Å². The fraction of sp³-hybridized carbons (Fsp3) is 1.00. The second-order valence-corrected chi connectivity index (χ2v) is 2.12. The molecule has 0 N–H and O–H groups in total. The minimum atomic E-state index is 0. The van der Waals surface area contributed by atoms with Gasteiger partial charge < -0.3 is 0 Å². The third-order valence-corrected chi connectivity index (χ3v) is 1.50. The molecule has 58 valence electrons. The zero-order valence-electron chi connectivity index (χ0n) is 4.85. The molecular weight excluding hydrogens is 199 g/mol. The summed E-state index contributed by atoms with van der Waals surface area (Å²) in [7, 11) is 0. The quantitative estimate of drug-likeness (QED) is 0.539. The minimum absolute atomic E-state index is 0. The van der Waals surface area contributed by atoms with E-state index in [4.69, 9.17) is 0 Å². The van der Waals surface area contributed by atoms with Crippen molar-refractivity contribution in [3.8, 4) is 0 Å². The van der Waals surface area contributed by atoms with Crippen molar-refractivity contribution in [1.29, 1.82) is 0 Å². The van der Waals surface area contributed by atoms with Crippen molar-refractivity contribution in [2.75, 3.05) is 0 Å². The van der Waals surface area contributed by atoms with E-state index >= 15 is 0 Å². The summed E-state index contributed by atoms with van der Waals surface area (Å²) in [6.45, 7) is 0. The van der Waals surface area contributed by atoms with Crippen LogP contribution in [0.15, 0.2) is 0 Å². The molecule has 0 spiro atoms. The molecule has 0 aromatic rings. The molecule has 2 radical (unpaired) electrons. The third-order valence-electron chi connectivity index (χ3n) is 1.50. The smallest absolute Gasteiger partial charge is 0 e. The van der Waals surface area contributed by atoms with Crippen LogP contribution in [0.4, 0.5) is 0 Å². The van der Waals surface area contributed by atoms with Crippen molar-refractivity contribution < 1.29 is 34.1 Å². The van der Waals surface area contributed by atoms with Crippen LogP contribution < -0.4 is 0 Å². The maximum atomic E-state index is 1.50. The average molecular weight is 211 g/mol. The summed E-state index contributed by atoms with van der Waals surface area (Å²) < 4.78 is 0. The summed E-state index contributed by atoms with van der Waals surface area (Å²) in [5.41, 5.74) is 0. The Morgan fingerprint density at radius 1 is 0.375 bits per heavy atom. The Bertz CT molecular complexity index is 22.0. The Morgan fingerprint density at radius 3 is 0.625 bits per heavy atom. The van der Waals surface area contributed by atoms with Gasteiger partial charge >= 0.3 is 0 Å².